The molecule has 0 radical (unpaired) electrons. The summed E-state index contributed by atoms with van der Waals surface area (Å²) in [5, 5.41) is 13.0. The average molecular weight is 383 g/mol. The highest BCUT2D eigenvalue weighted by molar-refractivity contribution is 5.36. The number of fused-ring (bicyclic) bond motifs is 1. The molecule has 2 aliphatic rings. The van der Waals surface area contributed by atoms with E-state index in [0.29, 0.717) is 12.5 Å². The van der Waals surface area contributed by atoms with Crippen LogP contribution in [-0.2, 0) is 19.4 Å². The van der Waals surface area contributed by atoms with E-state index >= 15 is 0 Å². The largest absolute Gasteiger partial charge is 0.396 e. The number of aliphatic hydroxyl groups is 1. The lowest BCUT2D eigenvalue weighted by Crippen LogP contribution is -2.36. The Labute approximate surface area is 166 Å². The Morgan fingerprint density at radius 2 is 1.89 bits per heavy atom. The smallest absolute Gasteiger partial charge is 0.225 e. The second kappa shape index (κ2) is 8.92. The van der Waals surface area contributed by atoms with E-state index in [9.17, 15) is 5.11 Å². The Kier molecular flexibility index (Phi) is 6.12. The number of nitrogens with one attached hydrogen (secondary N) is 1. The van der Waals surface area contributed by atoms with E-state index < -0.39 is 0 Å². The van der Waals surface area contributed by atoms with Gasteiger partial charge in [-0.2, -0.15) is 0 Å². The van der Waals surface area contributed by atoms with Crippen LogP contribution in [0.1, 0.15) is 61.3 Å². The van der Waals surface area contributed by atoms with Gasteiger partial charge in [-0.05, 0) is 38.0 Å². The van der Waals surface area contributed by atoms with Crippen molar-refractivity contribution < 1.29 is 5.11 Å². The van der Waals surface area contributed by atoms with Crippen LogP contribution in [0.25, 0.3) is 0 Å². The van der Waals surface area contributed by atoms with Gasteiger partial charge in [-0.15, -0.1) is 0 Å². The predicted octanol–water partition coefficient (Wildman–Crippen LogP) is 2.20. The molecule has 2 N–H and O–H groups in total. The van der Waals surface area contributed by atoms with Gasteiger partial charge in [-0.1, -0.05) is 6.92 Å². The second-order valence-corrected chi connectivity index (χ2v) is 7.87. The minimum Gasteiger partial charge on any atom is -0.396 e. The van der Waals surface area contributed by atoms with Crippen molar-refractivity contribution in [3.63, 3.8) is 0 Å². The molecule has 0 aromatic carbocycles. The van der Waals surface area contributed by atoms with Gasteiger partial charge in [0.1, 0.15) is 5.82 Å². The summed E-state index contributed by atoms with van der Waals surface area (Å²) in [6.45, 7) is 4.97. The molecule has 1 fully saturated rings. The summed E-state index contributed by atoms with van der Waals surface area (Å²) in [7, 11) is 0. The van der Waals surface area contributed by atoms with Gasteiger partial charge < -0.3 is 15.3 Å². The van der Waals surface area contributed by atoms with Crippen LogP contribution < -0.4 is 10.2 Å². The first-order chi connectivity index (χ1) is 13.8. The van der Waals surface area contributed by atoms with E-state index in [1.54, 1.807) is 0 Å². The number of aliphatic hydroxyl groups excluding tert-OH is 1. The van der Waals surface area contributed by atoms with E-state index in [1.807, 2.05) is 18.6 Å². The van der Waals surface area contributed by atoms with Crippen LogP contribution in [0.4, 0.5) is 5.95 Å². The summed E-state index contributed by atoms with van der Waals surface area (Å²) in [5.41, 5.74) is 3.51. The second-order valence-electron chi connectivity index (χ2n) is 7.87. The van der Waals surface area contributed by atoms with Crippen LogP contribution in [0.15, 0.2) is 18.6 Å². The van der Waals surface area contributed by atoms with Gasteiger partial charge in [0.15, 0.2) is 0 Å². The molecule has 1 saturated heterocycles. The summed E-state index contributed by atoms with van der Waals surface area (Å²) < 4.78 is 0. The van der Waals surface area contributed by atoms with Crippen molar-refractivity contribution in [1.29, 1.82) is 0 Å². The summed E-state index contributed by atoms with van der Waals surface area (Å²) in [6.07, 6.45) is 12.0. The molecule has 4 rings (SSSR count). The summed E-state index contributed by atoms with van der Waals surface area (Å²) in [6, 6.07) is 0.281. The molecule has 150 valence electrons. The summed E-state index contributed by atoms with van der Waals surface area (Å²) in [5.74, 6) is 2.16. The van der Waals surface area contributed by atoms with Crippen LogP contribution in [0, 0.1) is 5.92 Å². The fraction of sp³-hybridized carbons (Fsp3) is 0.619. The highest BCUT2D eigenvalue weighted by Crippen LogP contribution is 2.30. The third-order valence-corrected chi connectivity index (χ3v) is 5.95. The standard InChI is InChI=1S/C21H30N6O/c1-2-20-23-11-16(12-24-20)10-22-18-4-3-5-19-17(18)13-25-21(26-19)27-8-6-15(14-28)7-9-27/h11-13,15,18,22,28H,2-10,14H2,1H3/t18-/m1/s1. The van der Waals surface area contributed by atoms with Crippen LogP contribution >= 0.6 is 0 Å². The maximum absolute atomic E-state index is 9.33. The van der Waals surface area contributed by atoms with Gasteiger partial charge >= 0.3 is 0 Å². The molecule has 2 aromatic heterocycles. The van der Waals surface area contributed by atoms with Crippen molar-refractivity contribution in [1.82, 2.24) is 25.3 Å². The number of hydrogen-bond acceptors (Lipinski definition) is 7. The molecule has 0 amide bonds. The third-order valence-electron chi connectivity index (χ3n) is 5.95. The minimum absolute atomic E-state index is 0.281. The predicted molar refractivity (Wildman–Crippen MR) is 108 cm³/mol. The number of piperidine rings is 1. The van der Waals surface area contributed by atoms with Crippen molar-refractivity contribution >= 4 is 5.95 Å². The van der Waals surface area contributed by atoms with E-state index in [2.05, 4.69) is 32.1 Å². The highest BCUT2D eigenvalue weighted by Gasteiger charge is 2.25. The third kappa shape index (κ3) is 4.31. The number of anilines is 1. The zero-order valence-corrected chi connectivity index (χ0v) is 16.6. The molecular weight excluding hydrogens is 352 g/mol. The molecule has 1 atom stereocenters. The molecule has 7 nitrogen and oxygen atoms in total. The molecule has 7 heteroatoms. The number of rotatable bonds is 6. The number of hydrogen-bond donors (Lipinski definition) is 2. The van der Waals surface area contributed by atoms with Gasteiger partial charge in [0.2, 0.25) is 5.95 Å². The minimum atomic E-state index is 0.281. The Balaban J connectivity index is 1.41. The van der Waals surface area contributed by atoms with E-state index in [0.717, 1.165) is 75.5 Å². The number of aromatic nitrogens is 4. The molecule has 0 unspecified atom stereocenters. The Bertz CT molecular complexity index is 773. The van der Waals surface area contributed by atoms with Crippen LogP contribution in [-0.4, -0.2) is 44.7 Å². The number of nitrogens with zero attached hydrogens (tertiary/aromatic N) is 5. The SMILES string of the molecule is CCc1ncc(CN[C@@H]2CCCc3nc(N4CCC(CO)CC4)ncc32)cn1. The summed E-state index contributed by atoms with van der Waals surface area (Å²) in [4.78, 5) is 20.6. The lowest BCUT2D eigenvalue weighted by Gasteiger charge is -2.32. The van der Waals surface area contributed by atoms with Gasteiger partial charge in [-0.3, -0.25) is 0 Å². The van der Waals surface area contributed by atoms with Crippen molar-refractivity contribution in [2.75, 3.05) is 24.6 Å². The molecule has 1 aliphatic heterocycles. The molecule has 0 bridgehead atoms. The quantitative estimate of drug-likeness (QED) is 0.792. The van der Waals surface area contributed by atoms with Crippen LogP contribution in [0.5, 0.6) is 0 Å². The van der Waals surface area contributed by atoms with Crippen LogP contribution in [0.3, 0.4) is 0 Å². The maximum atomic E-state index is 9.33. The fourth-order valence-electron chi connectivity index (χ4n) is 4.11. The Morgan fingerprint density at radius 3 is 2.61 bits per heavy atom. The fourth-order valence-corrected chi connectivity index (χ4v) is 4.11. The number of aryl methyl sites for hydroxylation is 2. The molecule has 28 heavy (non-hydrogen) atoms. The highest BCUT2D eigenvalue weighted by atomic mass is 16.3. The van der Waals surface area contributed by atoms with Crippen LogP contribution in [0.2, 0.25) is 0 Å². The van der Waals surface area contributed by atoms with Crippen molar-refractivity contribution in [3.8, 4) is 0 Å². The maximum Gasteiger partial charge on any atom is 0.225 e. The zero-order valence-electron chi connectivity index (χ0n) is 16.6. The lowest BCUT2D eigenvalue weighted by molar-refractivity contribution is 0.202. The normalized spacial score (nSPS) is 20.2. The van der Waals surface area contributed by atoms with Crippen molar-refractivity contribution in [2.24, 2.45) is 5.92 Å². The summed E-state index contributed by atoms with van der Waals surface area (Å²) >= 11 is 0. The molecule has 2 aromatic rings. The Hall–Kier alpha value is -2.12. The van der Waals surface area contributed by atoms with E-state index in [4.69, 9.17) is 4.98 Å². The first-order valence-corrected chi connectivity index (χ1v) is 10.5. The first-order valence-electron chi connectivity index (χ1n) is 10.5. The van der Waals surface area contributed by atoms with Crippen molar-refractivity contribution in [3.05, 3.63) is 41.2 Å². The Morgan fingerprint density at radius 1 is 1.11 bits per heavy atom. The van der Waals surface area contributed by atoms with Gasteiger partial charge in [0.25, 0.3) is 0 Å². The van der Waals surface area contributed by atoms with Gasteiger partial charge in [0, 0.05) is 68.4 Å². The molecule has 0 saturated carbocycles. The monoisotopic (exact) mass is 382 g/mol. The molecular formula is C21H30N6O. The van der Waals surface area contributed by atoms with E-state index in [-0.39, 0.29) is 6.04 Å². The van der Waals surface area contributed by atoms with E-state index in [1.165, 1.54) is 11.3 Å². The topological polar surface area (TPSA) is 87.1 Å². The van der Waals surface area contributed by atoms with Crippen molar-refractivity contribution in [2.45, 2.75) is 58.0 Å². The van der Waals surface area contributed by atoms with Gasteiger partial charge in [-0.25, -0.2) is 19.9 Å². The molecule has 3 heterocycles. The average Bonchev–Trinajstić information content (AvgIpc) is 2.77. The molecule has 0 spiro atoms. The molecule has 1 aliphatic carbocycles. The zero-order chi connectivity index (χ0) is 19.3. The van der Waals surface area contributed by atoms with Gasteiger partial charge in [0.05, 0.1) is 5.69 Å². The lowest BCUT2D eigenvalue weighted by atomic mass is 9.92. The first kappa shape index (κ1) is 19.2.